The molecule has 0 aromatic rings. The molecule has 18 heavy (non-hydrogen) atoms. The second-order valence-electron chi connectivity index (χ2n) is 5.72. The fourth-order valence-corrected chi connectivity index (χ4v) is 2.21. The van der Waals surface area contributed by atoms with E-state index < -0.39 is 36.0 Å². The largest absolute Gasteiger partial charge is 0.387 e. The first-order valence-corrected chi connectivity index (χ1v) is 6.20. The highest BCUT2D eigenvalue weighted by Gasteiger charge is 2.45. The Balaban J connectivity index is 1.92. The van der Waals surface area contributed by atoms with Crippen LogP contribution in [0.4, 0.5) is 0 Å². The summed E-state index contributed by atoms with van der Waals surface area (Å²) in [4.78, 5) is 0. The molecule has 0 aromatic carbocycles. The molecule has 2 heterocycles. The highest BCUT2D eigenvalue weighted by atomic mass is 16.8. The highest BCUT2D eigenvalue weighted by Crippen LogP contribution is 2.29. The topological polar surface area (TPSA) is 77.4 Å². The standard InChI is InChI=1S/C12H22O6/c1-11(2)15-5-7(17-11)9(13)10(14)8-6-16-12(3,4)18-8/h7-10,13-14H,5-6H2,1-4H3/t7-,8-,9-,10-/m1/s1. The number of hydrogen-bond acceptors (Lipinski definition) is 6. The molecule has 4 atom stereocenters. The van der Waals surface area contributed by atoms with Gasteiger partial charge in [-0.25, -0.2) is 0 Å². The molecule has 2 saturated heterocycles. The van der Waals surface area contributed by atoms with E-state index in [0.29, 0.717) is 0 Å². The van der Waals surface area contributed by atoms with Crippen molar-refractivity contribution in [1.82, 2.24) is 0 Å². The summed E-state index contributed by atoms with van der Waals surface area (Å²) in [5.41, 5.74) is 0. The van der Waals surface area contributed by atoms with Gasteiger partial charge in [0.2, 0.25) is 0 Å². The number of rotatable bonds is 3. The summed E-state index contributed by atoms with van der Waals surface area (Å²) in [6.07, 6.45) is -3.23. The van der Waals surface area contributed by atoms with E-state index in [9.17, 15) is 10.2 Å². The van der Waals surface area contributed by atoms with Crippen LogP contribution in [-0.4, -0.2) is 59.4 Å². The predicted octanol–water partition coefficient (Wildman–Crippen LogP) is 0.0112. The van der Waals surface area contributed by atoms with Crippen LogP contribution in [0, 0.1) is 0 Å². The van der Waals surface area contributed by atoms with E-state index in [-0.39, 0.29) is 13.2 Å². The van der Waals surface area contributed by atoms with E-state index in [0.717, 1.165) is 0 Å². The van der Waals surface area contributed by atoms with Gasteiger partial charge >= 0.3 is 0 Å². The van der Waals surface area contributed by atoms with Crippen molar-refractivity contribution >= 4 is 0 Å². The normalized spacial score (nSPS) is 37.7. The molecule has 0 unspecified atom stereocenters. The molecule has 0 spiro atoms. The lowest BCUT2D eigenvalue weighted by molar-refractivity contribution is -0.183. The van der Waals surface area contributed by atoms with Crippen molar-refractivity contribution in [2.24, 2.45) is 0 Å². The zero-order chi connectivity index (χ0) is 13.6. The Morgan fingerprint density at radius 1 is 0.833 bits per heavy atom. The average Bonchev–Trinajstić information content (AvgIpc) is 2.79. The number of aliphatic hydroxyl groups excluding tert-OH is 2. The van der Waals surface area contributed by atoms with Crippen LogP contribution in [0.1, 0.15) is 27.7 Å². The molecule has 106 valence electrons. The molecule has 6 nitrogen and oxygen atoms in total. The molecule has 6 heteroatoms. The maximum Gasteiger partial charge on any atom is 0.163 e. The monoisotopic (exact) mass is 262 g/mol. The second-order valence-corrected chi connectivity index (χ2v) is 5.72. The van der Waals surface area contributed by atoms with Gasteiger partial charge in [-0.3, -0.25) is 0 Å². The van der Waals surface area contributed by atoms with E-state index in [1.807, 2.05) is 0 Å². The van der Waals surface area contributed by atoms with Gasteiger partial charge in [-0.05, 0) is 27.7 Å². The Kier molecular flexibility index (Phi) is 3.70. The maximum absolute atomic E-state index is 10.1. The minimum Gasteiger partial charge on any atom is -0.387 e. The van der Waals surface area contributed by atoms with Gasteiger partial charge in [-0.1, -0.05) is 0 Å². The summed E-state index contributed by atoms with van der Waals surface area (Å²) >= 11 is 0. The minimum atomic E-state index is -1.06. The summed E-state index contributed by atoms with van der Waals surface area (Å²) < 4.78 is 21.8. The third kappa shape index (κ3) is 3.01. The summed E-state index contributed by atoms with van der Waals surface area (Å²) in [6.45, 7) is 7.58. The van der Waals surface area contributed by atoms with Gasteiger partial charge in [0.15, 0.2) is 11.6 Å². The molecule has 0 amide bonds. The number of ether oxygens (including phenoxy) is 4. The zero-order valence-electron chi connectivity index (χ0n) is 11.3. The molecule has 0 saturated carbocycles. The van der Waals surface area contributed by atoms with Gasteiger partial charge in [0.1, 0.15) is 24.4 Å². The fraction of sp³-hybridized carbons (Fsp3) is 1.00. The lowest BCUT2D eigenvalue weighted by atomic mass is 10.0. The summed E-state index contributed by atoms with van der Waals surface area (Å²) in [5, 5.41) is 20.2. The molecule has 2 fully saturated rings. The Morgan fingerprint density at radius 2 is 1.17 bits per heavy atom. The number of aliphatic hydroxyl groups is 2. The molecule has 0 aromatic heterocycles. The first-order chi connectivity index (χ1) is 8.20. The Bertz CT molecular complexity index is 273. The van der Waals surface area contributed by atoms with Gasteiger partial charge < -0.3 is 29.2 Å². The molecule has 0 aliphatic carbocycles. The predicted molar refractivity (Wildman–Crippen MR) is 61.8 cm³/mol. The van der Waals surface area contributed by atoms with Gasteiger partial charge in [0.25, 0.3) is 0 Å². The lowest BCUT2D eigenvalue weighted by Gasteiger charge is -2.27. The first kappa shape index (κ1) is 14.2. The van der Waals surface area contributed by atoms with Crippen LogP contribution >= 0.6 is 0 Å². The molecule has 0 bridgehead atoms. The van der Waals surface area contributed by atoms with Crippen LogP contribution in [0.25, 0.3) is 0 Å². The Labute approximate surface area is 107 Å². The molecular weight excluding hydrogens is 240 g/mol. The molecular formula is C12H22O6. The van der Waals surface area contributed by atoms with Gasteiger partial charge in [-0.2, -0.15) is 0 Å². The first-order valence-electron chi connectivity index (χ1n) is 6.20. The number of hydrogen-bond donors (Lipinski definition) is 2. The van der Waals surface area contributed by atoms with Crippen molar-refractivity contribution in [3.63, 3.8) is 0 Å². The average molecular weight is 262 g/mol. The smallest absolute Gasteiger partial charge is 0.163 e. The minimum absolute atomic E-state index is 0.252. The summed E-state index contributed by atoms with van der Waals surface area (Å²) in [5.74, 6) is -1.45. The fourth-order valence-electron chi connectivity index (χ4n) is 2.21. The van der Waals surface area contributed by atoms with E-state index in [4.69, 9.17) is 18.9 Å². The summed E-state index contributed by atoms with van der Waals surface area (Å²) in [7, 11) is 0. The van der Waals surface area contributed by atoms with E-state index in [1.165, 1.54) is 0 Å². The van der Waals surface area contributed by atoms with Crippen LogP contribution in [0.15, 0.2) is 0 Å². The van der Waals surface area contributed by atoms with Crippen LogP contribution < -0.4 is 0 Å². The van der Waals surface area contributed by atoms with Crippen molar-refractivity contribution in [2.45, 2.75) is 63.7 Å². The van der Waals surface area contributed by atoms with Gasteiger partial charge in [0.05, 0.1) is 13.2 Å². The molecule has 2 rings (SSSR count). The van der Waals surface area contributed by atoms with Crippen molar-refractivity contribution in [1.29, 1.82) is 0 Å². The van der Waals surface area contributed by atoms with Gasteiger partial charge in [-0.15, -0.1) is 0 Å². The molecule has 2 aliphatic heterocycles. The molecule has 2 N–H and O–H groups in total. The van der Waals surface area contributed by atoms with E-state index in [2.05, 4.69) is 0 Å². The van der Waals surface area contributed by atoms with E-state index in [1.54, 1.807) is 27.7 Å². The Morgan fingerprint density at radius 3 is 1.39 bits per heavy atom. The SMILES string of the molecule is CC1(C)OC[C@H]([C@@H](O)[C@H](O)[C@H]2COC(C)(C)O2)O1. The molecule has 0 radical (unpaired) electrons. The highest BCUT2D eigenvalue weighted by molar-refractivity contribution is 4.88. The Hall–Kier alpha value is -0.240. The van der Waals surface area contributed by atoms with Crippen LogP contribution in [0.3, 0.4) is 0 Å². The maximum atomic E-state index is 10.1. The van der Waals surface area contributed by atoms with Crippen LogP contribution in [0.5, 0.6) is 0 Å². The van der Waals surface area contributed by atoms with Crippen molar-refractivity contribution in [2.75, 3.05) is 13.2 Å². The summed E-state index contributed by atoms with van der Waals surface area (Å²) in [6, 6.07) is 0. The van der Waals surface area contributed by atoms with Crippen molar-refractivity contribution < 1.29 is 29.2 Å². The third-order valence-electron chi connectivity index (χ3n) is 3.17. The lowest BCUT2D eigenvalue weighted by Crippen LogP contribution is -2.47. The van der Waals surface area contributed by atoms with Crippen molar-refractivity contribution in [3.8, 4) is 0 Å². The van der Waals surface area contributed by atoms with Crippen LogP contribution in [-0.2, 0) is 18.9 Å². The van der Waals surface area contributed by atoms with E-state index >= 15 is 0 Å². The van der Waals surface area contributed by atoms with Crippen molar-refractivity contribution in [3.05, 3.63) is 0 Å². The van der Waals surface area contributed by atoms with Gasteiger partial charge in [0, 0.05) is 0 Å². The second kappa shape index (κ2) is 4.70. The molecule has 2 aliphatic rings. The quantitative estimate of drug-likeness (QED) is 0.746. The third-order valence-corrected chi connectivity index (χ3v) is 3.17. The van der Waals surface area contributed by atoms with Crippen LogP contribution in [0.2, 0.25) is 0 Å². The zero-order valence-corrected chi connectivity index (χ0v) is 11.3.